The summed E-state index contributed by atoms with van der Waals surface area (Å²) in [6, 6.07) is 6.11. The lowest BCUT2D eigenvalue weighted by molar-refractivity contribution is 0.402. The molecule has 18 heavy (non-hydrogen) atoms. The van der Waals surface area contributed by atoms with Crippen LogP contribution < -0.4 is 5.73 Å². The highest BCUT2D eigenvalue weighted by atomic mass is 79.9. The van der Waals surface area contributed by atoms with Gasteiger partial charge in [0.15, 0.2) is 11.5 Å². The highest BCUT2D eigenvalue weighted by molar-refractivity contribution is 9.10. The van der Waals surface area contributed by atoms with Crippen LogP contribution >= 0.6 is 15.9 Å². The second-order valence-corrected chi connectivity index (χ2v) is 5.99. The Hall–Kier alpha value is -0.870. The topological polar surface area (TPSA) is 52.0 Å². The molecule has 4 heteroatoms. The van der Waals surface area contributed by atoms with E-state index in [2.05, 4.69) is 20.9 Å². The minimum absolute atomic E-state index is 0.184. The normalized spacial score (nSPS) is 25.2. The Morgan fingerprint density at radius 2 is 2.06 bits per heavy atom. The van der Waals surface area contributed by atoms with Crippen LogP contribution in [0.4, 0.5) is 0 Å². The molecule has 1 aromatic heterocycles. The van der Waals surface area contributed by atoms with Gasteiger partial charge >= 0.3 is 0 Å². The zero-order chi connectivity index (χ0) is 12.5. The van der Waals surface area contributed by atoms with E-state index in [1.165, 1.54) is 19.3 Å². The molecule has 2 aromatic rings. The predicted molar refractivity (Wildman–Crippen MR) is 75.5 cm³/mol. The van der Waals surface area contributed by atoms with Gasteiger partial charge in [-0.15, -0.1) is 0 Å². The number of hydrogen-bond donors (Lipinski definition) is 1. The van der Waals surface area contributed by atoms with Gasteiger partial charge in [-0.2, -0.15) is 0 Å². The zero-order valence-electron chi connectivity index (χ0n) is 10.2. The summed E-state index contributed by atoms with van der Waals surface area (Å²) in [5.41, 5.74) is 8.02. The Labute approximate surface area is 115 Å². The Morgan fingerprint density at radius 3 is 2.94 bits per heavy atom. The molecule has 2 N–H and O–H groups in total. The smallest absolute Gasteiger partial charge is 0.200 e. The van der Waals surface area contributed by atoms with Crippen molar-refractivity contribution in [3.8, 4) is 0 Å². The van der Waals surface area contributed by atoms with Crippen molar-refractivity contribution in [3.05, 3.63) is 28.6 Å². The van der Waals surface area contributed by atoms with Crippen molar-refractivity contribution < 1.29 is 4.42 Å². The molecule has 0 amide bonds. The third-order valence-corrected chi connectivity index (χ3v) is 4.25. The number of hydrogen-bond acceptors (Lipinski definition) is 3. The zero-order valence-corrected chi connectivity index (χ0v) is 11.8. The molecule has 3 rings (SSSR count). The van der Waals surface area contributed by atoms with E-state index < -0.39 is 0 Å². The van der Waals surface area contributed by atoms with E-state index >= 15 is 0 Å². The van der Waals surface area contributed by atoms with Gasteiger partial charge in [0, 0.05) is 10.5 Å². The molecule has 3 nitrogen and oxygen atoms in total. The number of rotatable bonds is 1. The van der Waals surface area contributed by atoms with Gasteiger partial charge in [-0.3, -0.25) is 0 Å². The molecule has 1 fully saturated rings. The summed E-state index contributed by atoms with van der Waals surface area (Å²) in [6.07, 6.45) is 5.89. The fourth-order valence-corrected chi connectivity index (χ4v) is 3.07. The maximum absolute atomic E-state index is 6.25. The molecule has 1 saturated carbocycles. The SMILES string of the molecule is NC1CCCCCC1c1nc2cc(Br)ccc2o1. The van der Waals surface area contributed by atoms with Crippen LogP contribution in [0.15, 0.2) is 27.1 Å². The summed E-state index contributed by atoms with van der Waals surface area (Å²) in [6.45, 7) is 0. The molecule has 0 saturated heterocycles. The highest BCUT2D eigenvalue weighted by Gasteiger charge is 2.26. The van der Waals surface area contributed by atoms with Crippen molar-refractivity contribution in [3.63, 3.8) is 0 Å². The van der Waals surface area contributed by atoms with E-state index in [-0.39, 0.29) is 12.0 Å². The van der Waals surface area contributed by atoms with Gasteiger partial charge in [0.1, 0.15) is 5.52 Å². The molecule has 1 aliphatic carbocycles. The maximum Gasteiger partial charge on any atom is 0.200 e. The molecular formula is C14H17BrN2O. The lowest BCUT2D eigenvalue weighted by atomic mass is 9.95. The summed E-state index contributed by atoms with van der Waals surface area (Å²) in [5.74, 6) is 1.09. The van der Waals surface area contributed by atoms with Gasteiger partial charge in [-0.1, -0.05) is 35.2 Å². The Bertz CT molecular complexity index is 552. The first-order valence-corrected chi connectivity index (χ1v) is 7.35. The first-order chi connectivity index (χ1) is 8.74. The van der Waals surface area contributed by atoms with Crippen LogP contribution in [0, 0.1) is 0 Å². The summed E-state index contributed by atoms with van der Waals surface area (Å²) in [7, 11) is 0. The van der Waals surface area contributed by atoms with Crippen LogP contribution in [0.5, 0.6) is 0 Å². The lowest BCUT2D eigenvalue weighted by Crippen LogP contribution is -2.27. The molecule has 0 bridgehead atoms. The van der Waals surface area contributed by atoms with Gasteiger partial charge in [0.25, 0.3) is 0 Å². The van der Waals surface area contributed by atoms with E-state index in [9.17, 15) is 0 Å². The van der Waals surface area contributed by atoms with Crippen LogP contribution in [-0.4, -0.2) is 11.0 Å². The van der Waals surface area contributed by atoms with Gasteiger partial charge in [-0.05, 0) is 31.0 Å². The van der Waals surface area contributed by atoms with Crippen molar-refractivity contribution in [1.29, 1.82) is 0 Å². The maximum atomic E-state index is 6.25. The molecule has 1 aliphatic rings. The Balaban J connectivity index is 1.97. The van der Waals surface area contributed by atoms with Crippen LogP contribution in [0.1, 0.15) is 43.9 Å². The second-order valence-electron chi connectivity index (χ2n) is 5.07. The molecule has 0 radical (unpaired) electrons. The number of aromatic nitrogens is 1. The Morgan fingerprint density at radius 1 is 1.22 bits per heavy atom. The van der Waals surface area contributed by atoms with Crippen LogP contribution in [0.3, 0.4) is 0 Å². The minimum atomic E-state index is 0.184. The van der Waals surface area contributed by atoms with Gasteiger partial charge in [-0.25, -0.2) is 4.98 Å². The number of fused-ring (bicyclic) bond motifs is 1. The van der Waals surface area contributed by atoms with Gasteiger partial charge in [0.2, 0.25) is 0 Å². The number of halogens is 1. The number of benzene rings is 1. The van der Waals surface area contributed by atoms with E-state index in [1.807, 2.05) is 18.2 Å². The first-order valence-electron chi connectivity index (χ1n) is 6.55. The lowest BCUT2D eigenvalue weighted by Gasteiger charge is -2.17. The van der Waals surface area contributed by atoms with Gasteiger partial charge in [0.05, 0.1) is 5.92 Å². The molecule has 2 atom stereocenters. The van der Waals surface area contributed by atoms with Crippen molar-refractivity contribution in [1.82, 2.24) is 4.98 Å². The standard InChI is InChI=1S/C14H17BrN2O/c15-9-6-7-13-12(8-9)17-14(18-13)10-4-2-1-3-5-11(10)16/h6-8,10-11H,1-5,16H2. The van der Waals surface area contributed by atoms with Crippen molar-refractivity contribution >= 4 is 27.0 Å². The molecule has 0 aliphatic heterocycles. The average molecular weight is 309 g/mol. The predicted octanol–water partition coefficient (Wildman–Crippen LogP) is 3.97. The highest BCUT2D eigenvalue weighted by Crippen LogP contribution is 2.32. The monoisotopic (exact) mass is 308 g/mol. The van der Waals surface area contributed by atoms with Crippen molar-refractivity contribution in [2.45, 2.75) is 44.1 Å². The van der Waals surface area contributed by atoms with E-state index in [0.29, 0.717) is 0 Å². The Kier molecular flexibility index (Phi) is 3.39. The summed E-state index contributed by atoms with van der Waals surface area (Å²) in [4.78, 5) is 4.61. The van der Waals surface area contributed by atoms with Crippen molar-refractivity contribution in [2.24, 2.45) is 5.73 Å². The number of nitrogens with zero attached hydrogens (tertiary/aromatic N) is 1. The molecule has 1 heterocycles. The van der Waals surface area contributed by atoms with Crippen LogP contribution in [-0.2, 0) is 0 Å². The quantitative estimate of drug-likeness (QED) is 0.811. The summed E-state index contributed by atoms with van der Waals surface area (Å²) < 4.78 is 6.90. The molecule has 1 aromatic carbocycles. The molecule has 96 valence electrons. The van der Waals surface area contributed by atoms with E-state index in [1.54, 1.807) is 0 Å². The largest absolute Gasteiger partial charge is 0.440 e. The first kappa shape index (κ1) is 12.2. The average Bonchev–Trinajstić information content (AvgIpc) is 2.63. The summed E-state index contributed by atoms with van der Waals surface area (Å²) >= 11 is 3.46. The van der Waals surface area contributed by atoms with Crippen LogP contribution in [0.2, 0.25) is 0 Å². The fourth-order valence-electron chi connectivity index (χ4n) is 2.72. The number of oxazole rings is 1. The molecular weight excluding hydrogens is 292 g/mol. The van der Waals surface area contributed by atoms with Gasteiger partial charge < -0.3 is 10.2 Å². The second kappa shape index (κ2) is 5.02. The number of nitrogens with two attached hydrogens (primary N) is 1. The third-order valence-electron chi connectivity index (χ3n) is 3.75. The fraction of sp³-hybridized carbons (Fsp3) is 0.500. The van der Waals surface area contributed by atoms with E-state index in [0.717, 1.165) is 34.3 Å². The van der Waals surface area contributed by atoms with Crippen LogP contribution in [0.25, 0.3) is 11.1 Å². The minimum Gasteiger partial charge on any atom is -0.440 e. The molecule has 2 unspecified atom stereocenters. The summed E-state index contributed by atoms with van der Waals surface area (Å²) in [5, 5.41) is 0. The third kappa shape index (κ3) is 2.31. The molecule has 0 spiro atoms. The van der Waals surface area contributed by atoms with Crippen molar-refractivity contribution in [2.75, 3.05) is 0 Å². The van der Waals surface area contributed by atoms with E-state index in [4.69, 9.17) is 10.2 Å².